The number of hydrogen-bond acceptors (Lipinski definition) is 6. The van der Waals surface area contributed by atoms with Crippen LogP contribution in [0.4, 0.5) is 0 Å². The Morgan fingerprint density at radius 1 is 1.14 bits per heavy atom. The largest absolute Gasteiger partial charge is 0.457 e. The van der Waals surface area contributed by atoms with Crippen LogP contribution in [0, 0.1) is 6.92 Å². The minimum Gasteiger partial charge on any atom is -0.457 e. The molecule has 0 radical (unpaired) electrons. The van der Waals surface area contributed by atoms with Crippen LogP contribution in [-0.2, 0) is 11.3 Å². The van der Waals surface area contributed by atoms with E-state index in [1.54, 1.807) is 0 Å². The second-order valence-electron chi connectivity index (χ2n) is 6.93. The number of rotatable bonds is 6. The summed E-state index contributed by atoms with van der Waals surface area (Å²) in [7, 11) is 0. The molecular weight excluding hydrogens is 354 g/mol. The number of nitrogens with two attached hydrogens (primary N) is 1. The molecule has 1 aliphatic heterocycles. The molecule has 1 fully saturated rings. The standard InChI is InChI=1S/C22H25N3O3/c1-16-21(15-25-10-11-26-20(13-23)14-25)24-22(27-16)17-6-5-9-19(12-17)28-18-7-3-2-4-8-18/h2-9,12,20H,10-11,13-15,23H2,1H3/t20-/m1/s1. The van der Waals surface area contributed by atoms with Gasteiger partial charge in [0.25, 0.3) is 0 Å². The highest BCUT2D eigenvalue weighted by molar-refractivity contribution is 5.57. The first-order chi connectivity index (χ1) is 13.7. The third kappa shape index (κ3) is 4.42. The summed E-state index contributed by atoms with van der Waals surface area (Å²) in [6, 6.07) is 17.5. The lowest BCUT2D eigenvalue weighted by Gasteiger charge is -2.31. The van der Waals surface area contributed by atoms with E-state index in [0.29, 0.717) is 19.0 Å². The molecule has 1 aliphatic rings. The van der Waals surface area contributed by atoms with Crippen molar-refractivity contribution in [2.24, 2.45) is 5.73 Å². The summed E-state index contributed by atoms with van der Waals surface area (Å²) < 4.78 is 17.5. The molecule has 0 spiro atoms. The summed E-state index contributed by atoms with van der Waals surface area (Å²) in [6.07, 6.45) is 0.0900. The lowest BCUT2D eigenvalue weighted by molar-refractivity contribution is -0.0264. The highest BCUT2D eigenvalue weighted by atomic mass is 16.5. The van der Waals surface area contributed by atoms with Crippen molar-refractivity contribution in [3.05, 3.63) is 66.1 Å². The molecular formula is C22H25N3O3. The van der Waals surface area contributed by atoms with Gasteiger partial charge in [0.15, 0.2) is 0 Å². The van der Waals surface area contributed by atoms with Gasteiger partial charge in [-0.25, -0.2) is 4.98 Å². The molecule has 2 heterocycles. The Morgan fingerprint density at radius 2 is 1.96 bits per heavy atom. The van der Waals surface area contributed by atoms with E-state index in [1.807, 2.05) is 61.5 Å². The molecule has 2 aromatic carbocycles. The summed E-state index contributed by atoms with van der Waals surface area (Å²) in [5, 5.41) is 0. The lowest BCUT2D eigenvalue weighted by Crippen LogP contribution is -2.45. The number of aromatic nitrogens is 1. The number of morpholine rings is 1. The van der Waals surface area contributed by atoms with Gasteiger partial charge in [0.05, 0.1) is 18.4 Å². The van der Waals surface area contributed by atoms with Crippen molar-refractivity contribution in [3.8, 4) is 23.0 Å². The lowest BCUT2D eigenvalue weighted by atomic mass is 10.2. The summed E-state index contributed by atoms with van der Waals surface area (Å²) in [6.45, 7) is 5.61. The van der Waals surface area contributed by atoms with Crippen molar-refractivity contribution in [2.75, 3.05) is 26.2 Å². The van der Waals surface area contributed by atoms with Crippen molar-refractivity contribution in [1.29, 1.82) is 0 Å². The van der Waals surface area contributed by atoms with Crippen LogP contribution in [0.5, 0.6) is 11.5 Å². The van der Waals surface area contributed by atoms with E-state index < -0.39 is 0 Å². The third-order valence-corrected chi connectivity index (χ3v) is 4.81. The van der Waals surface area contributed by atoms with Gasteiger partial charge in [0.2, 0.25) is 5.89 Å². The van der Waals surface area contributed by atoms with Crippen LogP contribution >= 0.6 is 0 Å². The van der Waals surface area contributed by atoms with E-state index in [0.717, 1.165) is 48.2 Å². The fraction of sp³-hybridized carbons (Fsp3) is 0.318. The van der Waals surface area contributed by atoms with Crippen LogP contribution in [0.2, 0.25) is 0 Å². The predicted octanol–water partition coefficient (Wildman–Crippen LogP) is 3.60. The van der Waals surface area contributed by atoms with Gasteiger partial charge >= 0.3 is 0 Å². The van der Waals surface area contributed by atoms with Gasteiger partial charge in [-0.3, -0.25) is 4.90 Å². The maximum Gasteiger partial charge on any atom is 0.226 e. The molecule has 0 amide bonds. The molecule has 4 rings (SSSR count). The first kappa shape index (κ1) is 18.7. The number of oxazole rings is 1. The average Bonchev–Trinajstić information content (AvgIpc) is 3.09. The maximum absolute atomic E-state index is 5.95. The first-order valence-corrected chi connectivity index (χ1v) is 9.55. The third-order valence-electron chi connectivity index (χ3n) is 4.81. The fourth-order valence-electron chi connectivity index (χ4n) is 3.29. The predicted molar refractivity (Wildman–Crippen MR) is 107 cm³/mol. The Labute approximate surface area is 164 Å². The van der Waals surface area contributed by atoms with E-state index >= 15 is 0 Å². The molecule has 0 saturated carbocycles. The molecule has 1 aromatic heterocycles. The van der Waals surface area contributed by atoms with Crippen LogP contribution in [0.1, 0.15) is 11.5 Å². The van der Waals surface area contributed by atoms with Crippen molar-refractivity contribution in [1.82, 2.24) is 9.88 Å². The molecule has 3 aromatic rings. The second kappa shape index (κ2) is 8.56. The SMILES string of the molecule is Cc1oc(-c2cccc(Oc3ccccc3)c2)nc1CN1CCO[C@H](CN)C1. The van der Waals surface area contributed by atoms with Gasteiger partial charge in [-0.1, -0.05) is 24.3 Å². The van der Waals surface area contributed by atoms with Gasteiger partial charge in [0, 0.05) is 31.7 Å². The number of nitrogens with zero attached hydrogens (tertiary/aromatic N) is 2. The Balaban J connectivity index is 1.49. The van der Waals surface area contributed by atoms with E-state index in [2.05, 4.69) is 4.90 Å². The molecule has 6 nitrogen and oxygen atoms in total. The van der Waals surface area contributed by atoms with E-state index in [-0.39, 0.29) is 6.10 Å². The number of hydrogen-bond donors (Lipinski definition) is 1. The number of para-hydroxylation sites is 1. The quantitative estimate of drug-likeness (QED) is 0.705. The van der Waals surface area contributed by atoms with Gasteiger partial charge in [0.1, 0.15) is 17.3 Å². The zero-order valence-corrected chi connectivity index (χ0v) is 16.0. The van der Waals surface area contributed by atoms with Crippen molar-refractivity contribution < 1.29 is 13.9 Å². The van der Waals surface area contributed by atoms with Crippen molar-refractivity contribution >= 4 is 0 Å². The van der Waals surface area contributed by atoms with Crippen LogP contribution in [0.3, 0.4) is 0 Å². The smallest absolute Gasteiger partial charge is 0.226 e. The zero-order chi connectivity index (χ0) is 19.3. The topological polar surface area (TPSA) is 73.8 Å². The van der Waals surface area contributed by atoms with Crippen molar-refractivity contribution in [3.63, 3.8) is 0 Å². The minimum atomic E-state index is 0.0900. The Hall–Kier alpha value is -2.67. The number of benzene rings is 2. The van der Waals surface area contributed by atoms with E-state index in [1.165, 1.54) is 0 Å². The molecule has 28 heavy (non-hydrogen) atoms. The van der Waals surface area contributed by atoms with Crippen LogP contribution < -0.4 is 10.5 Å². The van der Waals surface area contributed by atoms with Crippen LogP contribution in [0.15, 0.2) is 59.0 Å². The monoisotopic (exact) mass is 379 g/mol. The molecule has 0 unspecified atom stereocenters. The van der Waals surface area contributed by atoms with Gasteiger partial charge in [-0.15, -0.1) is 0 Å². The average molecular weight is 379 g/mol. The molecule has 2 N–H and O–H groups in total. The van der Waals surface area contributed by atoms with Crippen molar-refractivity contribution in [2.45, 2.75) is 19.6 Å². The molecule has 1 atom stereocenters. The number of aryl methyl sites for hydroxylation is 1. The molecule has 6 heteroatoms. The molecule has 146 valence electrons. The zero-order valence-electron chi connectivity index (χ0n) is 16.0. The summed E-state index contributed by atoms with van der Waals surface area (Å²) in [5.41, 5.74) is 7.58. The first-order valence-electron chi connectivity index (χ1n) is 9.55. The van der Waals surface area contributed by atoms with Gasteiger partial charge in [-0.2, -0.15) is 0 Å². The summed E-state index contributed by atoms with van der Waals surface area (Å²) in [4.78, 5) is 7.05. The van der Waals surface area contributed by atoms with Crippen LogP contribution in [-0.4, -0.2) is 42.2 Å². The maximum atomic E-state index is 5.95. The number of ether oxygens (including phenoxy) is 2. The Bertz CT molecular complexity index is 910. The normalized spacial score (nSPS) is 17.6. The molecule has 0 bridgehead atoms. The Kier molecular flexibility index (Phi) is 5.71. The van der Waals surface area contributed by atoms with Gasteiger partial charge < -0.3 is 19.6 Å². The summed E-state index contributed by atoms with van der Waals surface area (Å²) in [5.74, 6) is 2.99. The Morgan fingerprint density at radius 3 is 2.79 bits per heavy atom. The van der Waals surface area contributed by atoms with Crippen LogP contribution in [0.25, 0.3) is 11.5 Å². The molecule has 1 saturated heterocycles. The minimum absolute atomic E-state index is 0.0900. The van der Waals surface area contributed by atoms with Gasteiger partial charge in [-0.05, 0) is 37.3 Å². The molecule has 0 aliphatic carbocycles. The van der Waals surface area contributed by atoms with E-state index in [4.69, 9.17) is 24.6 Å². The highest BCUT2D eigenvalue weighted by Crippen LogP contribution is 2.28. The fourth-order valence-corrected chi connectivity index (χ4v) is 3.29. The second-order valence-corrected chi connectivity index (χ2v) is 6.93. The highest BCUT2D eigenvalue weighted by Gasteiger charge is 2.22. The van der Waals surface area contributed by atoms with E-state index in [9.17, 15) is 0 Å². The summed E-state index contributed by atoms with van der Waals surface area (Å²) >= 11 is 0.